The van der Waals surface area contributed by atoms with Gasteiger partial charge in [0.15, 0.2) is 0 Å². The molecule has 5 amide bonds. The Hall–Kier alpha value is -4.58. The maximum Gasteiger partial charge on any atom is 0.265 e. The number of likely N-dealkylation sites (tertiary alicyclic amines) is 1. The highest BCUT2D eigenvalue weighted by atomic mass is 32.1. The van der Waals surface area contributed by atoms with E-state index in [0.29, 0.717) is 67.1 Å². The van der Waals surface area contributed by atoms with Crippen LogP contribution in [0.15, 0.2) is 48.7 Å². The molecule has 1 N–H and O–H groups in total. The van der Waals surface area contributed by atoms with Crippen molar-refractivity contribution in [1.29, 1.82) is 0 Å². The summed E-state index contributed by atoms with van der Waals surface area (Å²) < 4.78 is 6.66. The second kappa shape index (κ2) is 13.1. The van der Waals surface area contributed by atoms with Gasteiger partial charge in [-0.05, 0) is 49.9 Å². The highest BCUT2D eigenvalue weighted by molar-refractivity contribution is 7.13. The van der Waals surface area contributed by atoms with Gasteiger partial charge in [-0.25, -0.2) is 4.98 Å². The highest BCUT2D eigenvalue weighted by Crippen LogP contribution is 2.42. The van der Waals surface area contributed by atoms with Crippen molar-refractivity contribution in [2.24, 2.45) is 11.8 Å². The van der Waals surface area contributed by atoms with Crippen LogP contribution in [0.3, 0.4) is 0 Å². The van der Waals surface area contributed by atoms with Crippen LogP contribution < -0.4 is 10.1 Å². The number of thiazole rings is 1. The zero-order valence-electron chi connectivity index (χ0n) is 27.1. The predicted molar refractivity (Wildman–Crippen MR) is 178 cm³/mol. The first-order valence-electron chi connectivity index (χ1n) is 16.7. The van der Waals surface area contributed by atoms with Gasteiger partial charge in [0.05, 0.1) is 41.5 Å². The number of hydrogen-bond acceptors (Lipinski definition) is 8. The van der Waals surface area contributed by atoms with Crippen LogP contribution in [0.25, 0.3) is 0 Å². The molecule has 1 aromatic heterocycles. The molecule has 11 nitrogen and oxygen atoms in total. The molecule has 1 aliphatic carbocycles. The number of carbonyl (C=O) groups is 5. The van der Waals surface area contributed by atoms with Crippen molar-refractivity contribution in [1.82, 2.24) is 25.0 Å². The molecule has 250 valence electrons. The highest BCUT2D eigenvalue weighted by Gasteiger charge is 2.45. The molecule has 1 saturated heterocycles. The number of nitrogens with one attached hydrogen (secondary N) is 1. The van der Waals surface area contributed by atoms with E-state index >= 15 is 0 Å². The molecule has 1 unspecified atom stereocenters. The number of imide groups is 1. The number of benzene rings is 2. The maximum absolute atomic E-state index is 14.5. The smallest absolute Gasteiger partial charge is 0.265 e. The third-order valence-electron chi connectivity index (χ3n) is 10.2. The van der Waals surface area contributed by atoms with Crippen LogP contribution in [0.4, 0.5) is 0 Å². The van der Waals surface area contributed by atoms with Crippen LogP contribution in [0.1, 0.15) is 84.7 Å². The number of amides is 5. The molecule has 3 aliphatic heterocycles. The fourth-order valence-electron chi connectivity index (χ4n) is 7.82. The summed E-state index contributed by atoms with van der Waals surface area (Å²) in [4.78, 5) is 77.5. The van der Waals surface area contributed by atoms with Crippen molar-refractivity contribution >= 4 is 40.9 Å². The number of ether oxygens (including phenoxy) is 1. The fraction of sp³-hybridized carbons (Fsp3) is 0.444. The largest absolute Gasteiger partial charge is 0.488 e. The average Bonchev–Trinajstić information content (AvgIpc) is 3.83. The van der Waals surface area contributed by atoms with Gasteiger partial charge < -0.3 is 19.9 Å². The van der Waals surface area contributed by atoms with Gasteiger partial charge in [-0.15, -0.1) is 11.3 Å². The van der Waals surface area contributed by atoms with Crippen LogP contribution in [0.2, 0.25) is 0 Å². The summed E-state index contributed by atoms with van der Waals surface area (Å²) in [7, 11) is 1.60. The van der Waals surface area contributed by atoms with Gasteiger partial charge >= 0.3 is 0 Å². The molecule has 0 bridgehead atoms. The van der Waals surface area contributed by atoms with Crippen LogP contribution in [-0.4, -0.2) is 88.6 Å². The molecule has 0 spiro atoms. The monoisotopic (exact) mass is 669 g/mol. The Balaban J connectivity index is 1.21. The fourth-order valence-corrected chi connectivity index (χ4v) is 8.56. The van der Waals surface area contributed by atoms with E-state index in [4.69, 9.17) is 4.74 Å². The zero-order chi connectivity index (χ0) is 33.5. The topological polar surface area (TPSA) is 129 Å². The molecule has 0 radical (unpaired) electrons. The first-order chi connectivity index (χ1) is 23.2. The Kier molecular flexibility index (Phi) is 8.76. The Morgan fingerprint density at radius 2 is 1.69 bits per heavy atom. The van der Waals surface area contributed by atoms with Gasteiger partial charge in [0.1, 0.15) is 16.7 Å². The summed E-state index contributed by atoms with van der Waals surface area (Å²) in [6, 6.07) is 11.9. The lowest BCUT2D eigenvalue weighted by atomic mass is 9.77. The van der Waals surface area contributed by atoms with E-state index in [1.165, 1.54) is 16.2 Å². The SMILES string of the molecule is CNC(=O)[C@H]1CCCC[C@H]1C(=O)N1CCc2cccc(O[C@H]3CCN(C(=O)c4cnc(C)s4)C3)c2C1CN1C(=O)c2ccccc2C1=O. The summed E-state index contributed by atoms with van der Waals surface area (Å²) in [5.74, 6) is -1.49. The molecular formula is C36H39N5O6S. The molecule has 1 saturated carbocycles. The second-order valence-corrected chi connectivity index (χ2v) is 14.3. The Morgan fingerprint density at radius 3 is 2.38 bits per heavy atom. The minimum atomic E-state index is -0.675. The first kappa shape index (κ1) is 32.0. The van der Waals surface area contributed by atoms with Crippen molar-refractivity contribution < 1.29 is 28.7 Å². The van der Waals surface area contributed by atoms with Crippen LogP contribution in [0.5, 0.6) is 5.75 Å². The van der Waals surface area contributed by atoms with Crippen LogP contribution in [0, 0.1) is 18.8 Å². The molecule has 7 rings (SSSR count). The molecule has 12 heteroatoms. The first-order valence-corrected chi connectivity index (χ1v) is 17.5. The number of hydrogen-bond donors (Lipinski definition) is 1. The molecule has 48 heavy (non-hydrogen) atoms. The van der Waals surface area contributed by atoms with E-state index in [2.05, 4.69) is 10.3 Å². The summed E-state index contributed by atoms with van der Waals surface area (Å²) in [6.45, 7) is 3.17. The minimum Gasteiger partial charge on any atom is -0.488 e. The van der Waals surface area contributed by atoms with Gasteiger partial charge in [0, 0.05) is 44.0 Å². The Morgan fingerprint density at radius 1 is 0.958 bits per heavy atom. The van der Waals surface area contributed by atoms with E-state index in [0.717, 1.165) is 29.0 Å². The van der Waals surface area contributed by atoms with E-state index in [-0.39, 0.29) is 30.4 Å². The zero-order valence-corrected chi connectivity index (χ0v) is 28.0. The van der Waals surface area contributed by atoms with E-state index < -0.39 is 29.7 Å². The Bertz CT molecular complexity index is 1750. The van der Waals surface area contributed by atoms with Crippen molar-refractivity contribution in [2.45, 2.75) is 57.6 Å². The normalized spacial score (nSPS) is 23.6. The third-order valence-corrected chi connectivity index (χ3v) is 11.1. The Labute approximate surface area is 283 Å². The number of carbonyl (C=O) groups excluding carboxylic acids is 5. The van der Waals surface area contributed by atoms with Crippen LogP contribution in [-0.2, 0) is 16.0 Å². The second-order valence-electron chi connectivity index (χ2n) is 13.0. The number of nitrogens with zero attached hydrogens (tertiary/aromatic N) is 4. The lowest BCUT2D eigenvalue weighted by Crippen LogP contribution is -2.51. The molecule has 4 atom stereocenters. The maximum atomic E-state index is 14.5. The number of fused-ring (bicyclic) bond motifs is 2. The predicted octanol–water partition coefficient (Wildman–Crippen LogP) is 4.02. The van der Waals surface area contributed by atoms with Crippen LogP contribution >= 0.6 is 11.3 Å². The van der Waals surface area contributed by atoms with Gasteiger partial charge in [-0.1, -0.05) is 37.1 Å². The standard InChI is InChI=1S/C36H39N5O6S/c1-21-38-18-30(48-21)36(46)39-16-15-23(19-39)47-29-13-7-8-22-14-17-40(33(43)25-10-4-3-9-24(25)32(42)37-2)28(31(22)29)20-41-34(44)26-11-5-6-12-27(26)35(41)45/h5-8,11-13,18,23-25,28H,3-4,9-10,14-17,19-20H2,1-2H3,(H,37,42)/t23-,24-,25+,28?/m0/s1. The van der Waals surface area contributed by atoms with Crippen molar-refractivity contribution in [3.63, 3.8) is 0 Å². The van der Waals surface area contributed by atoms with E-state index in [9.17, 15) is 24.0 Å². The third kappa shape index (κ3) is 5.76. The lowest BCUT2D eigenvalue weighted by molar-refractivity contribution is -0.146. The van der Waals surface area contributed by atoms with E-state index in [1.807, 2.05) is 25.1 Å². The summed E-state index contributed by atoms with van der Waals surface area (Å²) in [5.41, 5.74) is 2.44. The van der Waals surface area contributed by atoms with Gasteiger partial charge in [-0.2, -0.15) is 0 Å². The van der Waals surface area contributed by atoms with E-state index in [1.54, 1.807) is 47.3 Å². The lowest BCUT2D eigenvalue weighted by Gasteiger charge is -2.43. The summed E-state index contributed by atoms with van der Waals surface area (Å²) in [6.07, 6.45) is 5.49. The van der Waals surface area contributed by atoms with Gasteiger partial charge in [-0.3, -0.25) is 28.9 Å². The minimum absolute atomic E-state index is 0.0389. The molecule has 2 aromatic carbocycles. The van der Waals surface area contributed by atoms with Crippen molar-refractivity contribution in [3.8, 4) is 5.75 Å². The summed E-state index contributed by atoms with van der Waals surface area (Å²) >= 11 is 1.37. The molecule has 3 aromatic rings. The average molecular weight is 670 g/mol. The molecule has 2 fully saturated rings. The van der Waals surface area contributed by atoms with Crippen molar-refractivity contribution in [3.05, 3.63) is 80.8 Å². The number of aromatic nitrogens is 1. The van der Waals surface area contributed by atoms with Crippen molar-refractivity contribution in [2.75, 3.05) is 33.2 Å². The summed E-state index contributed by atoms with van der Waals surface area (Å²) in [5, 5.41) is 3.58. The molecule has 4 heterocycles. The number of aryl methyl sites for hydroxylation is 1. The van der Waals surface area contributed by atoms with Gasteiger partial charge in [0.2, 0.25) is 11.8 Å². The number of rotatable bonds is 7. The quantitative estimate of drug-likeness (QED) is 0.377. The molecular weight excluding hydrogens is 630 g/mol. The molecule has 4 aliphatic rings. The van der Waals surface area contributed by atoms with Gasteiger partial charge in [0.25, 0.3) is 17.7 Å².